The van der Waals surface area contributed by atoms with Crippen molar-refractivity contribution in [1.82, 2.24) is 5.43 Å². The molecule has 0 heterocycles. The van der Waals surface area contributed by atoms with Crippen molar-refractivity contribution >= 4 is 23.9 Å². The van der Waals surface area contributed by atoms with E-state index in [1.165, 1.54) is 13.3 Å². The number of benzene rings is 2. The van der Waals surface area contributed by atoms with Crippen LogP contribution in [0.1, 0.15) is 24.5 Å². The highest BCUT2D eigenvalue weighted by atomic mass is 35.5. The highest BCUT2D eigenvalue weighted by Crippen LogP contribution is 2.28. The van der Waals surface area contributed by atoms with E-state index in [0.29, 0.717) is 37.7 Å². The molecule has 0 fully saturated rings. The summed E-state index contributed by atoms with van der Waals surface area (Å²) in [6.07, 6.45) is 1.56. The summed E-state index contributed by atoms with van der Waals surface area (Å²) < 4.78 is 21.6. The molecule has 0 saturated heterocycles. The maximum Gasteiger partial charge on any atom is 0.427 e. The summed E-state index contributed by atoms with van der Waals surface area (Å²) in [5.74, 6) is 2.02. The number of nitrogens with one attached hydrogen (secondary N) is 1. The number of amides is 1. The van der Waals surface area contributed by atoms with Gasteiger partial charge < -0.3 is 18.9 Å². The van der Waals surface area contributed by atoms with Gasteiger partial charge in [0.1, 0.15) is 5.75 Å². The molecule has 29 heavy (non-hydrogen) atoms. The highest BCUT2D eigenvalue weighted by Gasteiger charge is 2.06. The summed E-state index contributed by atoms with van der Waals surface area (Å²) in [5, 5.41) is 4.52. The molecule has 1 N–H and O–H groups in total. The summed E-state index contributed by atoms with van der Waals surface area (Å²) in [6.45, 7) is 5.33. The van der Waals surface area contributed by atoms with Gasteiger partial charge in [0, 0.05) is 11.4 Å². The van der Waals surface area contributed by atoms with Gasteiger partial charge in [-0.3, -0.25) is 0 Å². The van der Waals surface area contributed by atoms with Crippen molar-refractivity contribution in [2.75, 3.05) is 26.9 Å². The van der Waals surface area contributed by atoms with E-state index in [1.807, 2.05) is 38.1 Å². The Morgan fingerprint density at radius 3 is 2.62 bits per heavy atom. The molecule has 0 saturated carbocycles. The molecule has 0 aliphatic carbocycles. The number of nitrogens with zero attached hydrogens (tertiary/aromatic N) is 1. The first kappa shape index (κ1) is 22.4. The maximum absolute atomic E-state index is 11.0. The Morgan fingerprint density at radius 1 is 1.10 bits per heavy atom. The number of rotatable bonds is 10. The van der Waals surface area contributed by atoms with Gasteiger partial charge in [-0.1, -0.05) is 11.6 Å². The average Bonchev–Trinajstić information content (AvgIpc) is 2.71. The van der Waals surface area contributed by atoms with Crippen LogP contribution >= 0.6 is 11.6 Å². The van der Waals surface area contributed by atoms with Crippen LogP contribution in [0.2, 0.25) is 5.02 Å². The predicted molar refractivity (Wildman–Crippen MR) is 113 cm³/mol. The van der Waals surface area contributed by atoms with Gasteiger partial charge in [0.15, 0.2) is 11.5 Å². The van der Waals surface area contributed by atoms with Gasteiger partial charge in [0.05, 0.1) is 33.1 Å². The lowest BCUT2D eigenvalue weighted by molar-refractivity contribution is 0.171. The molecule has 2 aromatic carbocycles. The lowest BCUT2D eigenvalue weighted by atomic mass is 10.2. The quantitative estimate of drug-likeness (QED) is 0.345. The van der Waals surface area contributed by atoms with E-state index in [1.54, 1.807) is 12.1 Å². The molecule has 156 valence electrons. The molecule has 1 amide bonds. The lowest BCUT2D eigenvalue weighted by Gasteiger charge is -2.13. The average molecular weight is 421 g/mol. The number of ether oxygens (including phenoxy) is 4. The largest absolute Gasteiger partial charge is 0.493 e. The molecule has 0 bridgehead atoms. The number of halogens is 1. The molecule has 8 heteroatoms. The van der Waals surface area contributed by atoms with Crippen LogP contribution in [0.25, 0.3) is 0 Å². The molecule has 0 atom stereocenters. The van der Waals surface area contributed by atoms with E-state index in [2.05, 4.69) is 15.3 Å². The summed E-state index contributed by atoms with van der Waals surface area (Å²) in [7, 11) is 1.27. The van der Waals surface area contributed by atoms with Gasteiger partial charge in [-0.25, -0.2) is 10.2 Å². The molecular weight excluding hydrogens is 396 g/mol. The van der Waals surface area contributed by atoms with Gasteiger partial charge in [-0.15, -0.1) is 0 Å². The maximum atomic E-state index is 11.0. The number of carbonyl (C=O) groups is 1. The minimum Gasteiger partial charge on any atom is -0.493 e. The number of methoxy groups -OCH3 is 1. The van der Waals surface area contributed by atoms with Crippen molar-refractivity contribution in [2.45, 2.75) is 20.3 Å². The van der Waals surface area contributed by atoms with E-state index < -0.39 is 6.09 Å². The number of aryl methyl sites for hydroxylation is 1. The minimum absolute atomic E-state index is 0.476. The monoisotopic (exact) mass is 420 g/mol. The van der Waals surface area contributed by atoms with Crippen molar-refractivity contribution < 1.29 is 23.7 Å². The van der Waals surface area contributed by atoms with Gasteiger partial charge in [0.2, 0.25) is 0 Å². The standard InChI is InChI=1S/C21H25ClN2O5/c1-4-27-20-13-16(14-23-24-21(25)26-3)6-9-19(20)29-11-5-10-28-17-7-8-18(22)15(2)12-17/h6-9,12-14H,4-5,10-11H2,1-3H3,(H,24,25). The SMILES string of the molecule is CCOc1cc(C=NNC(=O)OC)ccc1OCCCOc1ccc(Cl)c(C)c1. The fourth-order valence-electron chi connectivity index (χ4n) is 2.34. The normalized spacial score (nSPS) is 10.6. The summed E-state index contributed by atoms with van der Waals surface area (Å²) in [4.78, 5) is 11.0. The molecular formula is C21H25ClN2O5. The number of hydrogen-bond donors (Lipinski definition) is 1. The van der Waals surface area contributed by atoms with Crippen LogP contribution in [0.3, 0.4) is 0 Å². The smallest absolute Gasteiger partial charge is 0.427 e. The Morgan fingerprint density at radius 2 is 1.90 bits per heavy atom. The molecule has 0 radical (unpaired) electrons. The highest BCUT2D eigenvalue weighted by molar-refractivity contribution is 6.31. The number of hydrazone groups is 1. The topological polar surface area (TPSA) is 78.4 Å². The third-order valence-corrected chi connectivity index (χ3v) is 4.19. The molecule has 7 nitrogen and oxygen atoms in total. The van der Waals surface area contributed by atoms with Crippen LogP contribution in [-0.4, -0.2) is 39.2 Å². The van der Waals surface area contributed by atoms with E-state index in [9.17, 15) is 4.79 Å². The summed E-state index contributed by atoms with van der Waals surface area (Å²) >= 11 is 6.01. The zero-order chi connectivity index (χ0) is 21.1. The second-order valence-corrected chi connectivity index (χ2v) is 6.37. The molecule has 0 aliphatic heterocycles. The minimum atomic E-state index is -0.637. The molecule has 2 aromatic rings. The third-order valence-electron chi connectivity index (χ3n) is 3.77. The molecule has 0 aromatic heterocycles. The van der Waals surface area contributed by atoms with Crippen molar-refractivity contribution in [3.05, 3.63) is 52.5 Å². The Balaban J connectivity index is 1.85. The fourth-order valence-corrected chi connectivity index (χ4v) is 2.45. The van der Waals surface area contributed by atoms with Gasteiger partial charge in [-0.05, 0) is 61.4 Å². The van der Waals surface area contributed by atoms with Crippen LogP contribution in [0.15, 0.2) is 41.5 Å². The van der Waals surface area contributed by atoms with Crippen molar-refractivity contribution in [3.8, 4) is 17.2 Å². The van der Waals surface area contributed by atoms with E-state index in [4.69, 9.17) is 25.8 Å². The van der Waals surface area contributed by atoms with Gasteiger partial charge in [0.25, 0.3) is 0 Å². The van der Waals surface area contributed by atoms with Crippen molar-refractivity contribution in [2.24, 2.45) is 5.10 Å². The van der Waals surface area contributed by atoms with Gasteiger partial charge in [-0.2, -0.15) is 5.10 Å². The third kappa shape index (κ3) is 7.54. The first-order valence-corrected chi connectivity index (χ1v) is 9.57. The first-order valence-electron chi connectivity index (χ1n) is 9.19. The van der Waals surface area contributed by atoms with Crippen LogP contribution in [0.4, 0.5) is 4.79 Å². The summed E-state index contributed by atoms with van der Waals surface area (Å²) in [5.41, 5.74) is 3.96. The zero-order valence-electron chi connectivity index (χ0n) is 16.7. The predicted octanol–water partition coefficient (Wildman–Crippen LogP) is 4.58. The van der Waals surface area contributed by atoms with E-state index in [-0.39, 0.29) is 0 Å². The molecule has 0 unspecified atom stereocenters. The number of hydrogen-bond acceptors (Lipinski definition) is 6. The second-order valence-electron chi connectivity index (χ2n) is 5.96. The first-order chi connectivity index (χ1) is 14.0. The Labute approximate surface area is 175 Å². The van der Waals surface area contributed by atoms with Crippen LogP contribution in [0, 0.1) is 6.92 Å². The van der Waals surface area contributed by atoms with Gasteiger partial charge >= 0.3 is 6.09 Å². The van der Waals surface area contributed by atoms with Crippen molar-refractivity contribution in [3.63, 3.8) is 0 Å². The second kappa shape index (κ2) is 11.8. The zero-order valence-corrected chi connectivity index (χ0v) is 17.5. The Hall–Kier alpha value is -2.93. The molecule has 0 aliphatic rings. The van der Waals surface area contributed by atoms with Crippen LogP contribution in [0.5, 0.6) is 17.2 Å². The van der Waals surface area contributed by atoms with Crippen LogP contribution < -0.4 is 19.6 Å². The Kier molecular flexibility index (Phi) is 9.11. The molecule has 0 spiro atoms. The fraction of sp³-hybridized carbons (Fsp3) is 0.333. The van der Waals surface area contributed by atoms with Crippen molar-refractivity contribution in [1.29, 1.82) is 0 Å². The summed E-state index contributed by atoms with van der Waals surface area (Å²) in [6, 6.07) is 11.0. The van der Waals surface area contributed by atoms with E-state index in [0.717, 1.165) is 21.9 Å². The van der Waals surface area contributed by atoms with Crippen LogP contribution in [-0.2, 0) is 4.74 Å². The molecule has 2 rings (SSSR count). The lowest BCUT2D eigenvalue weighted by Crippen LogP contribution is -2.16. The van der Waals surface area contributed by atoms with E-state index >= 15 is 0 Å². The number of carbonyl (C=O) groups excluding carboxylic acids is 1. The Bertz CT molecular complexity index is 842.